The number of Topliss-reactive ketones (excluding diaryl/α,β-unsaturated/α-hetero) is 1. The van der Waals surface area contributed by atoms with Crippen molar-refractivity contribution in [2.45, 2.75) is 34.1 Å². The van der Waals surface area contributed by atoms with Crippen LogP contribution < -0.4 is 10.1 Å². The van der Waals surface area contributed by atoms with Gasteiger partial charge in [-0.3, -0.25) is 9.59 Å². The summed E-state index contributed by atoms with van der Waals surface area (Å²) < 4.78 is 11.6. The maximum Gasteiger partial charge on any atom is 0.341 e. The minimum Gasteiger partial charge on any atom is -0.483 e. The van der Waals surface area contributed by atoms with Gasteiger partial charge in [0.25, 0.3) is 5.91 Å². The van der Waals surface area contributed by atoms with Gasteiger partial charge in [0.1, 0.15) is 10.8 Å². The van der Waals surface area contributed by atoms with Crippen LogP contribution in [0.2, 0.25) is 0 Å². The Labute approximate surface area is 176 Å². The van der Waals surface area contributed by atoms with E-state index in [4.69, 9.17) is 9.47 Å². The molecule has 0 saturated carbocycles. The van der Waals surface area contributed by atoms with Crippen LogP contribution in [-0.4, -0.2) is 30.9 Å². The third kappa shape index (κ3) is 5.20. The fraction of sp³-hybridized carbons (Fsp3) is 0.350. The van der Waals surface area contributed by atoms with Gasteiger partial charge in [-0.25, -0.2) is 4.79 Å². The van der Waals surface area contributed by atoms with Gasteiger partial charge in [-0.2, -0.15) is 0 Å². The number of amides is 1. The summed E-state index contributed by atoms with van der Waals surface area (Å²) in [5.41, 5.74) is 1.69. The van der Waals surface area contributed by atoms with E-state index >= 15 is 0 Å². The number of hydrogen-bond acceptors (Lipinski definition) is 6. The first-order valence-corrected chi connectivity index (χ1v) is 10.4. The Bertz CT molecular complexity index is 906. The summed E-state index contributed by atoms with van der Waals surface area (Å²) in [5.74, 6) is -0.543. The largest absolute Gasteiger partial charge is 0.483 e. The first-order chi connectivity index (χ1) is 13.3. The molecule has 0 spiro atoms. The lowest BCUT2D eigenvalue weighted by Gasteiger charge is -2.11. The molecule has 0 aliphatic rings. The standard InChI is InChI=1S/C20H22BrNO5S/c1-5-13-9-14(21)7-8-15(13)27-10-16(24)22-19-17(20(25)26-6-2)11(3)18(28-19)12(4)23/h7-9H,5-6,10H2,1-4H3,(H,22,24). The highest BCUT2D eigenvalue weighted by Crippen LogP contribution is 2.34. The van der Waals surface area contributed by atoms with Crippen molar-refractivity contribution in [3.8, 4) is 5.75 Å². The number of aryl methyl sites for hydroxylation is 1. The summed E-state index contributed by atoms with van der Waals surface area (Å²) >= 11 is 4.48. The van der Waals surface area contributed by atoms with Gasteiger partial charge in [0.2, 0.25) is 0 Å². The van der Waals surface area contributed by atoms with Crippen LogP contribution in [0.3, 0.4) is 0 Å². The van der Waals surface area contributed by atoms with E-state index < -0.39 is 11.9 Å². The van der Waals surface area contributed by atoms with Crippen LogP contribution in [0.1, 0.15) is 51.9 Å². The van der Waals surface area contributed by atoms with Crippen LogP contribution in [-0.2, 0) is 16.0 Å². The van der Waals surface area contributed by atoms with E-state index in [9.17, 15) is 14.4 Å². The molecule has 1 aromatic carbocycles. The Morgan fingerprint density at radius 3 is 2.54 bits per heavy atom. The van der Waals surface area contributed by atoms with Gasteiger partial charge in [-0.15, -0.1) is 11.3 Å². The van der Waals surface area contributed by atoms with Crippen LogP contribution >= 0.6 is 27.3 Å². The fourth-order valence-electron chi connectivity index (χ4n) is 2.66. The van der Waals surface area contributed by atoms with E-state index in [0.29, 0.717) is 21.2 Å². The third-order valence-electron chi connectivity index (χ3n) is 3.96. The van der Waals surface area contributed by atoms with Crippen LogP contribution in [0.15, 0.2) is 22.7 Å². The van der Waals surface area contributed by atoms with Gasteiger partial charge >= 0.3 is 5.97 Å². The number of thiophene rings is 1. The molecule has 1 N–H and O–H groups in total. The molecule has 28 heavy (non-hydrogen) atoms. The van der Waals surface area contributed by atoms with Gasteiger partial charge in [0, 0.05) is 4.47 Å². The first-order valence-electron chi connectivity index (χ1n) is 8.80. The van der Waals surface area contributed by atoms with Crippen LogP contribution in [0, 0.1) is 6.92 Å². The van der Waals surface area contributed by atoms with Gasteiger partial charge < -0.3 is 14.8 Å². The predicted molar refractivity (Wildman–Crippen MR) is 113 cm³/mol. The van der Waals surface area contributed by atoms with Gasteiger partial charge in [-0.1, -0.05) is 22.9 Å². The highest BCUT2D eigenvalue weighted by molar-refractivity contribution is 9.10. The average molecular weight is 468 g/mol. The summed E-state index contributed by atoms with van der Waals surface area (Å²) in [5, 5.41) is 2.97. The van der Waals surface area contributed by atoms with Gasteiger partial charge in [0.05, 0.1) is 17.0 Å². The highest BCUT2D eigenvalue weighted by atomic mass is 79.9. The molecule has 0 bridgehead atoms. The second-order valence-electron chi connectivity index (χ2n) is 5.98. The normalized spacial score (nSPS) is 10.5. The molecule has 1 heterocycles. The number of anilines is 1. The smallest absolute Gasteiger partial charge is 0.341 e. The zero-order chi connectivity index (χ0) is 20.8. The number of rotatable bonds is 8. The van der Waals surface area contributed by atoms with Crippen molar-refractivity contribution in [1.82, 2.24) is 0 Å². The molecule has 1 aromatic heterocycles. The lowest BCUT2D eigenvalue weighted by Crippen LogP contribution is -2.21. The van der Waals surface area contributed by atoms with E-state index in [-0.39, 0.29) is 24.6 Å². The molecule has 0 fully saturated rings. The second-order valence-corrected chi connectivity index (χ2v) is 7.92. The summed E-state index contributed by atoms with van der Waals surface area (Å²) in [6, 6.07) is 5.57. The third-order valence-corrected chi connectivity index (χ3v) is 5.76. The highest BCUT2D eigenvalue weighted by Gasteiger charge is 2.25. The first kappa shape index (κ1) is 22.1. The second kappa shape index (κ2) is 9.84. The minimum atomic E-state index is -0.568. The van der Waals surface area contributed by atoms with Crippen molar-refractivity contribution in [3.63, 3.8) is 0 Å². The topological polar surface area (TPSA) is 81.7 Å². The van der Waals surface area contributed by atoms with Crippen LogP contribution in [0.5, 0.6) is 5.75 Å². The molecule has 6 nitrogen and oxygen atoms in total. The van der Waals surface area contributed by atoms with Crippen molar-refractivity contribution in [3.05, 3.63) is 44.2 Å². The number of carbonyl (C=O) groups excluding carboxylic acids is 3. The molecule has 0 saturated heterocycles. The van der Waals surface area contributed by atoms with Gasteiger partial charge in [-0.05, 0) is 56.5 Å². The Morgan fingerprint density at radius 1 is 1.21 bits per heavy atom. The molecular formula is C20H22BrNO5S. The lowest BCUT2D eigenvalue weighted by atomic mass is 10.1. The maximum absolute atomic E-state index is 12.4. The zero-order valence-electron chi connectivity index (χ0n) is 16.2. The van der Waals surface area contributed by atoms with E-state index in [1.807, 2.05) is 19.1 Å². The molecular weight excluding hydrogens is 446 g/mol. The molecule has 2 aromatic rings. The lowest BCUT2D eigenvalue weighted by molar-refractivity contribution is -0.118. The average Bonchev–Trinajstić information content (AvgIpc) is 2.97. The molecule has 0 atom stereocenters. The number of hydrogen-bond donors (Lipinski definition) is 1. The fourth-order valence-corrected chi connectivity index (χ4v) is 4.17. The number of ether oxygens (including phenoxy) is 2. The van der Waals surface area contributed by atoms with E-state index in [1.54, 1.807) is 19.9 Å². The molecule has 0 unspecified atom stereocenters. The summed E-state index contributed by atoms with van der Waals surface area (Å²) in [6.45, 7) is 6.76. The minimum absolute atomic E-state index is 0.174. The van der Waals surface area contributed by atoms with Crippen molar-refractivity contribution >= 4 is 49.9 Å². The number of esters is 1. The van der Waals surface area contributed by atoms with Crippen molar-refractivity contribution < 1.29 is 23.9 Å². The Morgan fingerprint density at radius 2 is 1.93 bits per heavy atom. The molecule has 1 amide bonds. The van der Waals surface area contributed by atoms with Gasteiger partial charge in [0.15, 0.2) is 12.4 Å². The SMILES string of the molecule is CCOC(=O)c1c(NC(=O)COc2ccc(Br)cc2CC)sc(C(C)=O)c1C. The number of carbonyl (C=O) groups is 3. The maximum atomic E-state index is 12.4. The van der Waals surface area contributed by atoms with Crippen LogP contribution in [0.4, 0.5) is 5.00 Å². The molecule has 0 aliphatic carbocycles. The molecule has 0 radical (unpaired) electrons. The predicted octanol–water partition coefficient (Wildman–Crippen LogP) is 4.78. The van der Waals surface area contributed by atoms with E-state index in [2.05, 4.69) is 21.2 Å². The summed E-state index contributed by atoms with van der Waals surface area (Å²) in [4.78, 5) is 36.9. The van der Waals surface area contributed by atoms with Crippen molar-refractivity contribution in [2.24, 2.45) is 0 Å². The Balaban J connectivity index is 2.18. The Hall–Kier alpha value is -2.19. The molecule has 2 rings (SSSR count). The Kier molecular flexibility index (Phi) is 7.77. The van der Waals surface area contributed by atoms with Crippen molar-refractivity contribution in [2.75, 3.05) is 18.5 Å². The number of halogens is 1. The monoisotopic (exact) mass is 467 g/mol. The molecule has 8 heteroatoms. The number of nitrogens with one attached hydrogen (secondary N) is 1. The van der Waals surface area contributed by atoms with E-state index in [0.717, 1.165) is 27.8 Å². The van der Waals surface area contributed by atoms with E-state index in [1.165, 1.54) is 6.92 Å². The molecule has 0 aliphatic heterocycles. The molecule has 150 valence electrons. The zero-order valence-corrected chi connectivity index (χ0v) is 18.6. The number of ketones is 1. The van der Waals surface area contributed by atoms with Crippen LogP contribution in [0.25, 0.3) is 0 Å². The summed E-state index contributed by atoms with van der Waals surface area (Å²) in [7, 11) is 0. The van der Waals surface area contributed by atoms with Crippen molar-refractivity contribution in [1.29, 1.82) is 0 Å². The number of benzene rings is 1. The summed E-state index contributed by atoms with van der Waals surface area (Å²) in [6.07, 6.45) is 0.759. The quantitative estimate of drug-likeness (QED) is 0.446.